The average molecular weight is 230 g/mol. The molecule has 0 nitrogen and oxygen atoms in total. The van der Waals surface area contributed by atoms with Crippen LogP contribution in [0.3, 0.4) is 0 Å². The zero-order chi connectivity index (χ0) is 11.8. The van der Waals surface area contributed by atoms with E-state index in [1.807, 2.05) is 0 Å². The summed E-state index contributed by atoms with van der Waals surface area (Å²) in [7, 11) is 0. The lowest BCUT2D eigenvalue weighted by molar-refractivity contribution is 0.271. The van der Waals surface area contributed by atoms with E-state index in [1.54, 1.807) is 0 Å². The van der Waals surface area contributed by atoms with E-state index < -0.39 is 0 Å². The van der Waals surface area contributed by atoms with Crippen molar-refractivity contribution in [1.29, 1.82) is 0 Å². The Kier molecular flexibility index (Phi) is 8.69. The summed E-state index contributed by atoms with van der Waals surface area (Å²) in [5.74, 6) is 2.46. The molecule has 0 aliphatic carbocycles. The minimum absolute atomic E-state index is 0.597. The van der Waals surface area contributed by atoms with E-state index in [-0.39, 0.29) is 0 Å². The second-order valence-corrected chi connectivity index (χ2v) is 6.05. The van der Waals surface area contributed by atoms with Gasteiger partial charge >= 0.3 is 0 Å². The summed E-state index contributed by atoms with van der Waals surface area (Å²) in [6, 6.07) is 0. The van der Waals surface area contributed by atoms with Crippen LogP contribution < -0.4 is 0 Å². The molecule has 3 unspecified atom stereocenters. The van der Waals surface area contributed by atoms with E-state index in [0.717, 1.165) is 17.8 Å². The highest BCUT2D eigenvalue weighted by atomic mass is 32.1. The number of hydrogen-bond donors (Lipinski definition) is 1. The molecule has 0 fully saturated rings. The predicted molar refractivity (Wildman–Crippen MR) is 74.7 cm³/mol. The fourth-order valence-electron chi connectivity index (χ4n) is 2.36. The Balaban J connectivity index is 4.20. The van der Waals surface area contributed by atoms with Gasteiger partial charge in [-0.25, -0.2) is 0 Å². The average Bonchev–Trinajstić information content (AvgIpc) is 2.21. The molecule has 0 rings (SSSR count). The maximum Gasteiger partial charge on any atom is 0.00451 e. The van der Waals surface area contributed by atoms with Crippen LogP contribution in [-0.4, -0.2) is 5.25 Å². The van der Waals surface area contributed by atoms with Crippen molar-refractivity contribution < 1.29 is 0 Å². The fourth-order valence-corrected chi connectivity index (χ4v) is 2.77. The predicted octanol–water partition coefficient (Wildman–Crippen LogP) is 5.18. The van der Waals surface area contributed by atoms with Crippen molar-refractivity contribution in [3.63, 3.8) is 0 Å². The van der Waals surface area contributed by atoms with Crippen molar-refractivity contribution >= 4 is 12.6 Å². The van der Waals surface area contributed by atoms with Gasteiger partial charge in [-0.1, -0.05) is 53.9 Å². The smallest absolute Gasteiger partial charge is 0.00451 e. The molecular weight excluding hydrogens is 200 g/mol. The lowest BCUT2D eigenvalue weighted by Crippen LogP contribution is -2.24. The van der Waals surface area contributed by atoms with Crippen LogP contribution in [0.25, 0.3) is 0 Å². The third-order valence-electron chi connectivity index (χ3n) is 3.40. The Morgan fingerprint density at radius 1 is 1.07 bits per heavy atom. The van der Waals surface area contributed by atoms with Crippen molar-refractivity contribution in [1.82, 2.24) is 0 Å². The topological polar surface area (TPSA) is 0 Å². The third kappa shape index (κ3) is 6.50. The van der Waals surface area contributed by atoms with E-state index >= 15 is 0 Å². The molecule has 0 saturated carbocycles. The minimum Gasteiger partial charge on any atom is -0.176 e. The van der Waals surface area contributed by atoms with Gasteiger partial charge in [0.05, 0.1) is 0 Å². The molecule has 0 spiro atoms. The number of rotatable bonds is 8. The van der Waals surface area contributed by atoms with E-state index in [4.69, 9.17) is 12.6 Å². The SMILES string of the molecule is CCCCC(C)C(CC(C)C)C(S)CC. The van der Waals surface area contributed by atoms with Gasteiger partial charge in [-0.15, -0.1) is 0 Å². The van der Waals surface area contributed by atoms with Gasteiger partial charge in [0.1, 0.15) is 0 Å². The normalized spacial score (nSPS) is 17.8. The van der Waals surface area contributed by atoms with Crippen LogP contribution in [0.2, 0.25) is 0 Å². The van der Waals surface area contributed by atoms with Crippen LogP contribution in [0.15, 0.2) is 0 Å². The van der Waals surface area contributed by atoms with E-state index in [2.05, 4.69) is 34.6 Å². The van der Waals surface area contributed by atoms with Crippen LogP contribution in [0.1, 0.15) is 66.7 Å². The molecule has 0 amide bonds. The van der Waals surface area contributed by atoms with Crippen LogP contribution in [0, 0.1) is 17.8 Å². The Bertz CT molecular complexity index is 142. The first-order valence-corrected chi connectivity index (χ1v) is 7.22. The van der Waals surface area contributed by atoms with Gasteiger partial charge in [0.15, 0.2) is 0 Å². The number of hydrogen-bond acceptors (Lipinski definition) is 1. The first-order chi connectivity index (χ1) is 7.02. The molecule has 0 heterocycles. The minimum atomic E-state index is 0.597. The van der Waals surface area contributed by atoms with E-state index in [0.29, 0.717) is 5.25 Å². The molecule has 0 bridgehead atoms. The van der Waals surface area contributed by atoms with Gasteiger partial charge in [0.2, 0.25) is 0 Å². The maximum atomic E-state index is 4.76. The molecule has 92 valence electrons. The van der Waals surface area contributed by atoms with Gasteiger partial charge < -0.3 is 0 Å². The largest absolute Gasteiger partial charge is 0.176 e. The second-order valence-electron chi connectivity index (χ2n) is 5.39. The quantitative estimate of drug-likeness (QED) is 0.546. The van der Waals surface area contributed by atoms with Gasteiger partial charge in [0, 0.05) is 5.25 Å². The van der Waals surface area contributed by atoms with Crippen molar-refractivity contribution in [2.24, 2.45) is 17.8 Å². The summed E-state index contributed by atoms with van der Waals surface area (Å²) < 4.78 is 0. The highest BCUT2D eigenvalue weighted by Gasteiger charge is 2.23. The van der Waals surface area contributed by atoms with Gasteiger partial charge in [0.25, 0.3) is 0 Å². The summed E-state index contributed by atoms with van der Waals surface area (Å²) >= 11 is 4.76. The Hall–Kier alpha value is 0.350. The molecule has 0 N–H and O–H groups in total. The molecule has 1 heteroatoms. The van der Waals surface area contributed by atoms with Crippen LogP contribution in [-0.2, 0) is 0 Å². The van der Waals surface area contributed by atoms with Crippen molar-refractivity contribution in [2.45, 2.75) is 72.0 Å². The monoisotopic (exact) mass is 230 g/mol. The molecule has 3 atom stereocenters. The standard InChI is InChI=1S/C14H30S/c1-6-8-9-12(5)13(10-11(3)4)14(15)7-2/h11-15H,6-10H2,1-5H3. The summed E-state index contributed by atoms with van der Waals surface area (Å²) in [4.78, 5) is 0. The van der Waals surface area contributed by atoms with Crippen LogP contribution >= 0.6 is 12.6 Å². The van der Waals surface area contributed by atoms with Gasteiger partial charge in [-0.3, -0.25) is 0 Å². The number of thiol groups is 1. The number of unbranched alkanes of at least 4 members (excludes halogenated alkanes) is 1. The molecule has 0 saturated heterocycles. The molecule has 0 aliphatic rings. The molecular formula is C14H30S. The Morgan fingerprint density at radius 3 is 2.07 bits per heavy atom. The lowest BCUT2D eigenvalue weighted by atomic mass is 9.80. The first kappa shape index (κ1) is 15.3. The molecule has 0 aromatic carbocycles. The highest BCUT2D eigenvalue weighted by Crippen LogP contribution is 2.31. The van der Waals surface area contributed by atoms with Crippen molar-refractivity contribution in [2.75, 3.05) is 0 Å². The summed E-state index contributed by atoms with van der Waals surface area (Å²) in [6.45, 7) is 11.6. The third-order valence-corrected chi connectivity index (χ3v) is 4.15. The van der Waals surface area contributed by atoms with Gasteiger partial charge in [-0.05, 0) is 30.6 Å². The Morgan fingerprint density at radius 2 is 1.67 bits per heavy atom. The molecule has 0 radical (unpaired) electrons. The van der Waals surface area contributed by atoms with E-state index in [1.165, 1.54) is 32.1 Å². The molecule has 0 aliphatic heterocycles. The molecule has 0 aromatic heterocycles. The van der Waals surface area contributed by atoms with Gasteiger partial charge in [-0.2, -0.15) is 12.6 Å². The Labute approximate surface area is 103 Å². The van der Waals surface area contributed by atoms with E-state index in [9.17, 15) is 0 Å². The summed E-state index contributed by atoms with van der Waals surface area (Å²) in [5, 5.41) is 0.597. The second kappa shape index (κ2) is 8.50. The summed E-state index contributed by atoms with van der Waals surface area (Å²) in [5.41, 5.74) is 0. The zero-order valence-corrected chi connectivity index (χ0v) is 12.2. The van der Waals surface area contributed by atoms with Crippen LogP contribution in [0.5, 0.6) is 0 Å². The van der Waals surface area contributed by atoms with Crippen LogP contribution in [0.4, 0.5) is 0 Å². The molecule has 15 heavy (non-hydrogen) atoms. The van der Waals surface area contributed by atoms with Crippen molar-refractivity contribution in [3.8, 4) is 0 Å². The first-order valence-electron chi connectivity index (χ1n) is 6.70. The fraction of sp³-hybridized carbons (Fsp3) is 1.00. The zero-order valence-electron chi connectivity index (χ0n) is 11.3. The molecule has 0 aromatic rings. The highest BCUT2D eigenvalue weighted by molar-refractivity contribution is 7.81. The van der Waals surface area contributed by atoms with Crippen molar-refractivity contribution in [3.05, 3.63) is 0 Å². The lowest BCUT2D eigenvalue weighted by Gasteiger charge is -2.30. The summed E-state index contributed by atoms with van der Waals surface area (Å²) in [6.07, 6.45) is 6.62. The maximum absolute atomic E-state index is 4.76.